The normalized spacial score (nSPS) is 10.3. The SMILES string of the molecule is O=c1scc(O)n1Cc1ccccc1. The zero-order valence-corrected chi connectivity index (χ0v) is 8.20. The average Bonchev–Trinajstić information content (AvgIpc) is 2.51. The van der Waals surface area contributed by atoms with Crippen LogP contribution in [0.4, 0.5) is 0 Å². The Bertz CT molecular complexity index is 472. The first kappa shape index (κ1) is 9.02. The third-order valence-electron chi connectivity index (χ3n) is 1.95. The highest BCUT2D eigenvalue weighted by molar-refractivity contribution is 7.07. The molecule has 1 heterocycles. The molecule has 0 aliphatic rings. The number of aromatic hydroxyl groups is 1. The maximum atomic E-state index is 11.3. The molecule has 0 spiro atoms. The van der Waals surface area contributed by atoms with Gasteiger partial charge in [0, 0.05) is 0 Å². The van der Waals surface area contributed by atoms with Gasteiger partial charge in [-0.2, -0.15) is 0 Å². The van der Waals surface area contributed by atoms with Crippen LogP contribution < -0.4 is 4.87 Å². The summed E-state index contributed by atoms with van der Waals surface area (Å²) in [5.41, 5.74) is 1.00. The molecule has 72 valence electrons. The molecule has 0 amide bonds. The minimum absolute atomic E-state index is 0.0313. The van der Waals surface area contributed by atoms with Gasteiger partial charge >= 0.3 is 4.87 Å². The molecule has 0 bridgehead atoms. The van der Waals surface area contributed by atoms with Gasteiger partial charge in [-0.15, -0.1) is 0 Å². The standard InChI is InChI=1S/C10H9NO2S/c12-9-7-14-10(13)11(9)6-8-4-2-1-3-5-8/h1-5,7,12H,6H2. The van der Waals surface area contributed by atoms with Gasteiger partial charge in [-0.1, -0.05) is 41.7 Å². The van der Waals surface area contributed by atoms with Crippen molar-refractivity contribution in [1.82, 2.24) is 4.57 Å². The molecule has 2 aromatic rings. The quantitative estimate of drug-likeness (QED) is 0.813. The van der Waals surface area contributed by atoms with Crippen molar-refractivity contribution in [1.29, 1.82) is 0 Å². The van der Waals surface area contributed by atoms with E-state index in [1.807, 2.05) is 30.3 Å². The Kier molecular flexibility index (Phi) is 2.37. The van der Waals surface area contributed by atoms with Crippen molar-refractivity contribution < 1.29 is 5.11 Å². The van der Waals surface area contributed by atoms with Crippen LogP contribution in [0.25, 0.3) is 0 Å². The highest BCUT2D eigenvalue weighted by Gasteiger charge is 2.04. The molecule has 1 aromatic heterocycles. The topological polar surface area (TPSA) is 42.2 Å². The van der Waals surface area contributed by atoms with E-state index in [2.05, 4.69) is 0 Å². The largest absolute Gasteiger partial charge is 0.494 e. The smallest absolute Gasteiger partial charge is 0.310 e. The van der Waals surface area contributed by atoms with E-state index in [0.29, 0.717) is 6.54 Å². The van der Waals surface area contributed by atoms with E-state index in [4.69, 9.17) is 0 Å². The van der Waals surface area contributed by atoms with Gasteiger partial charge in [-0.25, -0.2) is 0 Å². The summed E-state index contributed by atoms with van der Waals surface area (Å²) in [7, 11) is 0. The Labute approximate surface area is 84.9 Å². The minimum atomic E-state index is -0.133. The summed E-state index contributed by atoms with van der Waals surface area (Å²) in [4.78, 5) is 11.1. The molecule has 0 saturated carbocycles. The fourth-order valence-electron chi connectivity index (χ4n) is 1.24. The van der Waals surface area contributed by atoms with E-state index in [1.54, 1.807) is 0 Å². The van der Waals surface area contributed by atoms with Gasteiger partial charge < -0.3 is 5.11 Å². The van der Waals surface area contributed by atoms with E-state index in [0.717, 1.165) is 16.9 Å². The molecule has 0 atom stereocenters. The molecule has 0 unspecified atom stereocenters. The summed E-state index contributed by atoms with van der Waals surface area (Å²) >= 11 is 1.01. The van der Waals surface area contributed by atoms with Gasteiger partial charge in [0.25, 0.3) is 0 Å². The van der Waals surface area contributed by atoms with E-state index in [1.165, 1.54) is 9.95 Å². The van der Waals surface area contributed by atoms with Crippen LogP contribution in [-0.2, 0) is 6.54 Å². The van der Waals surface area contributed by atoms with Gasteiger partial charge in [-0.05, 0) is 5.56 Å². The Morgan fingerprint density at radius 1 is 1.29 bits per heavy atom. The number of rotatable bonds is 2. The summed E-state index contributed by atoms with van der Waals surface area (Å²) in [5, 5.41) is 10.8. The number of thiazole rings is 1. The monoisotopic (exact) mass is 207 g/mol. The van der Waals surface area contributed by atoms with Crippen LogP contribution >= 0.6 is 11.3 Å². The summed E-state index contributed by atoms with van der Waals surface area (Å²) in [6, 6.07) is 9.57. The number of aromatic nitrogens is 1. The molecule has 2 rings (SSSR count). The summed E-state index contributed by atoms with van der Waals surface area (Å²) in [6.45, 7) is 0.426. The lowest BCUT2D eigenvalue weighted by Crippen LogP contribution is -2.12. The summed E-state index contributed by atoms with van der Waals surface area (Å²) in [5.74, 6) is 0.0313. The first-order valence-corrected chi connectivity index (χ1v) is 5.06. The van der Waals surface area contributed by atoms with Crippen molar-refractivity contribution in [3.8, 4) is 5.88 Å². The zero-order valence-electron chi connectivity index (χ0n) is 7.38. The number of hydrogen-bond donors (Lipinski definition) is 1. The molecule has 0 fully saturated rings. The van der Waals surface area contributed by atoms with Crippen molar-refractivity contribution in [2.75, 3.05) is 0 Å². The Morgan fingerprint density at radius 2 is 2.00 bits per heavy atom. The molecular weight excluding hydrogens is 198 g/mol. The maximum Gasteiger partial charge on any atom is 0.310 e. The molecule has 0 aliphatic carbocycles. The van der Waals surface area contributed by atoms with E-state index in [-0.39, 0.29) is 10.8 Å². The molecule has 4 heteroatoms. The van der Waals surface area contributed by atoms with Crippen LogP contribution in [0.5, 0.6) is 5.88 Å². The summed E-state index contributed by atoms with van der Waals surface area (Å²) in [6.07, 6.45) is 0. The van der Waals surface area contributed by atoms with Crippen LogP contribution in [0, 0.1) is 0 Å². The third-order valence-corrected chi connectivity index (χ3v) is 2.70. The van der Waals surface area contributed by atoms with Gasteiger partial charge in [0.2, 0.25) is 5.88 Å². The van der Waals surface area contributed by atoms with Crippen molar-refractivity contribution in [3.05, 3.63) is 50.9 Å². The lowest BCUT2D eigenvalue weighted by Gasteiger charge is -2.02. The highest BCUT2D eigenvalue weighted by Crippen LogP contribution is 2.11. The van der Waals surface area contributed by atoms with Gasteiger partial charge in [0.05, 0.1) is 11.9 Å². The maximum absolute atomic E-state index is 11.3. The number of hydrogen-bond acceptors (Lipinski definition) is 3. The van der Waals surface area contributed by atoms with Crippen LogP contribution in [-0.4, -0.2) is 9.67 Å². The van der Waals surface area contributed by atoms with Gasteiger partial charge in [0.1, 0.15) is 0 Å². The van der Waals surface area contributed by atoms with Gasteiger partial charge in [-0.3, -0.25) is 9.36 Å². The lowest BCUT2D eigenvalue weighted by atomic mass is 10.2. The predicted octanol–water partition coefficient (Wildman–Crippen LogP) is 1.66. The predicted molar refractivity (Wildman–Crippen MR) is 55.8 cm³/mol. The first-order chi connectivity index (χ1) is 6.77. The van der Waals surface area contributed by atoms with Crippen LogP contribution in [0.15, 0.2) is 40.5 Å². The Hall–Kier alpha value is -1.55. The van der Waals surface area contributed by atoms with Crippen LogP contribution in [0.1, 0.15) is 5.56 Å². The second kappa shape index (κ2) is 3.67. The van der Waals surface area contributed by atoms with Crippen LogP contribution in [0.2, 0.25) is 0 Å². The number of nitrogens with zero attached hydrogens (tertiary/aromatic N) is 1. The van der Waals surface area contributed by atoms with E-state index < -0.39 is 0 Å². The Balaban J connectivity index is 2.32. The molecule has 0 radical (unpaired) electrons. The zero-order chi connectivity index (χ0) is 9.97. The highest BCUT2D eigenvalue weighted by atomic mass is 32.1. The second-order valence-electron chi connectivity index (χ2n) is 2.93. The molecule has 1 aromatic carbocycles. The fourth-order valence-corrected chi connectivity index (χ4v) is 1.85. The molecule has 0 saturated heterocycles. The molecule has 0 aliphatic heterocycles. The van der Waals surface area contributed by atoms with Gasteiger partial charge in [0.15, 0.2) is 0 Å². The van der Waals surface area contributed by atoms with E-state index in [9.17, 15) is 9.90 Å². The van der Waals surface area contributed by atoms with Crippen LogP contribution in [0.3, 0.4) is 0 Å². The molecule has 3 nitrogen and oxygen atoms in total. The van der Waals surface area contributed by atoms with Crippen molar-refractivity contribution in [3.63, 3.8) is 0 Å². The first-order valence-electron chi connectivity index (χ1n) is 4.18. The van der Waals surface area contributed by atoms with Crippen molar-refractivity contribution in [2.45, 2.75) is 6.54 Å². The molecule has 1 N–H and O–H groups in total. The minimum Gasteiger partial charge on any atom is -0.494 e. The molecule has 14 heavy (non-hydrogen) atoms. The van der Waals surface area contributed by atoms with Crippen molar-refractivity contribution >= 4 is 11.3 Å². The van der Waals surface area contributed by atoms with E-state index >= 15 is 0 Å². The van der Waals surface area contributed by atoms with Crippen molar-refractivity contribution in [2.24, 2.45) is 0 Å². The number of benzene rings is 1. The molecular formula is C10H9NO2S. The summed E-state index contributed by atoms with van der Waals surface area (Å²) < 4.78 is 1.35. The third kappa shape index (κ3) is 1.70. The average molecular weight is 207 g/mol. The fraction of sp³-hybridized carbons (Fsp3) is 0.100. The second-order valence-corrected chi connectivity index (χ2v) is 3.75. The Morgan fingerprint density at radius 3 is 2.57 bits per heavy atom. The lowest BCUT2D eigenvalue weighted by molar-refractivity contribution is 0.421.